The van der Waals surface area contributed by atoms with Gasteiger partial charge in [0, 0.05) is 43.5 Å². The zero-order valence-corrected chi connectivity index (χ0v) is 19.4. The van der Waals surface area contributed by atoms with Gasteiger partial charge in [-0.1, -0.05) is 29.3 Å². The number of aromatic amines is 1. The van der Waals surface area contributed by atoms with E-state index in [2.05, 4.69) is 20.2 Å². The Morgan fingerprint density at radius 3 is 2.88 bits per heavy atom. The lowest BCUT2D eigenvalue weighted by atomic mass is 9.79. The molecule has 1 atom stereocenters. The number of nitrogens with zero attached hydrogens (tertiary/aromatic N) is 3. The molecule has 1 unspecified atom stereocenters. The van der Waals surface area contributed by atoms with Gasteiger partial charge in [-0.05, 0) is 61.7 Å². The summed E-state index contributed by atoms with van der Waals surface area (Å²) >= 11 is 12.2. The molecule has 1 aromatic carbocycles. The van der Waals surface area contributed by atoms with E-state index in [1.54, 1.807) is 6.20 Å². The Kier molecular flexibility index (Phi) is 6.01. The standard InChI is InChI=1S/C24H27Cl2N5O/c25-19-5-4-17(11-20(19)26)14-30-10-7-24(15-30)6-2-9-31(16-24)23(32)28-13-18-12-22-21(29-18)3-1-8-27-22/h1,3-5,8,11-12,29H,2,6-7,9-10,13-16H2,(H,28,32). The van der Waals surface area contributed by atoms with Gasteiger partial charge in [0.15, 0.2) is 0 Å². The number of amides is 2. The SMILES string of the molecule is O=C(NCc1cc2ncccc2[nH]1)N1CCCC2(CCN(Cc3ccc(Cl)c(Cl)c3)C2)C1. The van der Waals surface area contributed by atoms with Crippen molar-refractivity contribution in [1.82, 2.24) is 25.1 Å². The van der Waals surface area contributed by atoms with Crippen LogP contribution in [0.15, 0.2) is 42.6 Å². The molecule has 3 aromatic rings. The Hall–Kier alpha value is -2.28. The first-order valence-electron chi connectivity index (χ1n) is 11.1. The van der Waals surface area contributed by atoms with Gasteiger partial charge in [0.1, 0.15) is 0 Å². The van der Waals surface area contributed by atoms with E-state index < -0.39 is 0 Å². The lowest BCUT2D eigenvalue weighted by molar-refractivity contribution is 0.107. The number of likely N-dealkylation sites (tertiary alicyclic amines) is 2. The van der Waals surface area contributed by atoms with Crippen molar-refractivity contribution in [2.45, 2.75) is 32.4 Å². The molecular formula is C24H27Cl2N5O. The molecule has 2 aliphatic heterocycles. The third kappa shape index (κ3) is 4.58. The van der Waals surface area contributed by atoms with Crippen molar-refractivity contribution in [1.29, 1.82) is 0 Å². The van der Waals surface area contributed by atoms with E-state index in [1.807, 2.05) is 41.3 Å². The molecular weight excluding hydrogens is 445 g/mol. The molecule has 5 rings (SSSR count). The van der Waals surface area contributed by atoms with Crippen molar-refractivity contribution in [3.8, 4) is 0 Å². The molecule has 2 amide bonds. The number of carbonyl (C=O) groups excluding carboxylic acids is 1. The molecule has 0 saturated carbocycles. The Labute approximate surface area is 197 Å². The summed E-state index contributed by atoms with van der Waals surface area (Å²) in [6.07, 6.45) is 5.11. The number of benzene rings is 1. The van der Waals surface area contributed by atoms with Crippen LogP contribution in [0.2, 0.25) is 10.0 Å². The zero-order valence-electron chi connectivity index (χ0n) is 17.9. The number of rotatable bonds is 4. The molecule has 6 nitrogen and oxygen atoms in total. The van der Waals surface area contributed by atoms with E-state index in [-0.39, 0.29) is 11.4 Å². The number of nitrogens with one attached hydrogen (secondary N) is 2. The highest BCUT2D eigenvalue weighted by molar-refractivity contribution is 6.42. The van der Waals surface area contributed by atoms with Gasteiger partial charge < -0.3 is 15.2 Å². The van der Waals surface area contributed by atoms with Crippen LogP contribution in [0.25, 0.3) is 11.0 Å². The monoisotopic (exact) mass is 471 g/mol. The highest BCUT2D eigenvalue weighted by Gasteiger charge is 2.42. The average Bonchev–Trinajstić information content (AvgIpc) is 3.38. The number of halogens is 2. The minimum atomic E-state index is 0.0126. The third-order valence-corrected chi connectivity index (χ3v) is 7.47. The first kappa shape index (κ1) is 21.6. The van der Waals surface area contributed by atoms with E-state index >= 15 is 0 Å². The lowest BCUT2D eigenvalue weighted by Crippen LogP contribution is -2.50. The fourth-order valence-corrected chi connectivity index (χ4v) is 5.48. The summed E-state index contributed by atoms with van der Waals surface area (Å²) in [5.74, 6) is 0. The topological polar surface area (TPSA) is 64.3 Å². The molecule has 0 aliphatic carbocycles. The summed E-state index contributed by atoms with van der Waals surface area (Å²) in [6, 6.07) is 11.8. The summed E-state index contributed by atoms with van der Waals surface area (Å²) in [7, 11) is 0. The number of fused-ring (bicyclic) bond motifs is 1. The van der Waals surface area contributed by atoms with Crippen LogP contribution in [0.4, 0.5) is 4.79 Å². The van der Waals surface area contributed by atoms with Gasteiger partial charge in [0.2, 0.25) is 0 Å². The smallest absolute Gasteiger partial charge is 0.317 e. The number of pyridine rings is 1. The summed E-state index contributed by atoms with van der Waals surface area (Å²) in [4.78, 5) is 25.0. The van der Waals surface area contributed by atoms with Crippen LogP contribution >= 0.6 is 23.2 Å². The third-order valence-electron chi connectivity index (χ3n) is 6.73. The summed E-state index contributed by atoms with van der Waals surface area (Å²) in [5.41, 5.74) is 4.22. The van der Waals surface area contributed by atoms with E-state index in [0.29, 0.717) is 16.6 Å². The number of carbonyl (C=O) groups is 1. The molecule has 2 fully saturated rings. The maximum absolute atomic E-state index is 12.9. The quantitative estimate of drug-likeness (QED) is 0.558. The van der Waals surface area contributed by atoms with E-state index in [9.17, 15) is 4.79 Å². The molecule has 0 bridgehead atoms. The number of piperidine rings is 1. The molecule has 2 N–H and O–H groups in total. The minimum Gasteiger partial charge on any atom is -0.356 e. The van der Waals surface area contributed by atoms with Crippen LogP contribution in [0.1, 0.15) is 30.5 Å². The van der Waals surface area contributed by atoms with Crippen LogP contribution in [0, 0.1) is 5.41 Å². The number of aromatic nitrogens is 2. The lowest BCUT2D eigenvalue weighted by Gasteiger charge is -2.40. The second-order valence-corrected chi connectivity index (χ2v) is 9.94. The largest absolute Gasteiger partial charge is 0.356 e. The van der Waals surface area contributed by atoms with E-state index in [1.165, 1.54) is 12.0 Å². The van der Waals surface area contributed by atoms with Crippen molar-refractivity contribution in [3.63, 3.8) is 0 Å². The minimum absolute atomic E-state index is 0.0126. The summed E-state index contributed by atoms with van der Waals surface area (Å²) in [6.45, 7) is 5.00. The van der Waals surface area contributed by atoms with E-state index in [4.69, 9.17) is 23.2 Å². The normalized spacial score (nSPS) is 21.5. The van der Waals surface area contributed by atoms with Gasteiger partial charge in [-0.15, -0.1) is 0 Å². The highest BCUT2D eigenvalue weighted by Crippen LogP contribution is 2.39. The van der Waals surface area contributed by atoms with Gasteiger partial charge in [-0.2, -0.15) is 0 Å². The van der Waals surface area contributed by atoms with Gasteiger partial charge >= 0.3 is 6.03 Å². The predicted octanol–water partition coefficient (Wildman–Crippen LogP) is 5.07. The van der Waals surface area contributed by atoms with E-state index in [0.717, 1.165) is 62.3 Å². The Morgan fingerprint density at radius 2 is 2.03 bits per heavy atom. The van der Waals surface area contributed by atoms with Gasteiger partial charge in [0.25, 0.3) is 0 Å². The molecule has 8 heteroatoms. The maximum Gasteiger partial charge on any atom is 0.317 e. The molecule has 4 heterocycles. The van der Waals surface area contributed by atoms with Crippen LogP contribution in [-0.4, -0.2) is 52.0 Å². The number of hydrogen-bond donors (Lipinski definition) is 2. The van der Waals surface area contributed by atoms with Crippen molar-refractivity contribution in [2.75, 3.05) is 26.2 Å². The first-order chi connectivity index (χ1) is 15.5. The molecule has 1 spiro atoms. The molecule has 168 valence electrons. The highest BCUT2D eigenvalue weighted by atomic mass is 35.5. The van der Waals surface area contributed by atoms with Gasteiger partial charge in [0.05, 0.1) is 27.6 Å². The van der Waals surface area contributed by atoms with Crippen LogP contribution < -0.4 is 5.32 Å². The Bertz CT molecular complexity index is 1100. The van der Waals surface area contributed by atoms with Crippen LogP contribution in [0.3, 0.4) is 0 Å². The molecule has 0 radical (unpaired) electrons. The maximum atomic E-state index is 12.9. The van der Waals surface area contributed by atoms with Crippen molar-refractivity contribution < 1.29 is 4.79 Å². The van der Waals surface area contributed by atoms with Crippen LogP contribution in [0.5, 0.6) is 0 Å². The number of H-pyrrole nitrogens is 1. The van der Waals surface area contributed by atoms with Crippen molar-refractivity contribution in [3.05, 3.63) is 63.9 Å². The second kappa shape index (κ2) is 8.93. The molecule has 2 aliphatic rings. The fourth-order valence-electron chi connectivity index (χ4n) is 5.16. The number of urea groups is 1. The molecule has 2 saturated heterocycles. The van der Waals surface area contributed by atoms with Crippen LogP contribution in [-0.2, 0) is 13.1 Å². The Morgan fingerprint density at radius 1 is 1.12 bits per heavy atom. The molecule has 2 aromatic heterocycles. The summed E-state index contributed by atoms with van der Waals surface area (Å²) in [5, 5.41) is 4.28. The van der Waals surface area contributed by atoms with Gasteiger partial charge in [-0.25, -0.2) is 4.79 Å². The summed E-state index contributed by atoms with van der Waals surface area (Å²) < 4.78 is 0. The first-order valence-corrected chi connectivity index (χ1v) is 11.9. The van der Waals surface area contributed by atoms with Gasteiger partial charge in [-0.3, -0.25) is 9.88 Å². The second-order valence-electron chi connectivity index (χ2n) is 9.12. The van der Waals surface area contributed by atoms with Crippen molar-refractivity contribution >= 4 is 40.3 Å². The number of hydrogen-bond acceptors (Lipinski definition) is 3. The fraction of sp³-hybridized carbons (Fsp3) is 0.417. The zero-order chi connectivity index (χ0) is 22.1. The Balaban J connectivity index is 1.17. The van der Waals surface area contributed by atoms with Crippen molar-refractivity contribution in [2.24, 2.45) is 5.41 Å². The molecule has 32 heavy (non-hydrogen) atoms. The predicted molar refractivity (Wildman–Crippen MR) is 128 cm³/mol. The average molecular weight is 472 g/mol.